The Morgan fingerprint density at radius 3 is 1.37 bits per heavy atom. The predicted molar refractivity (Wildman–Crippen MR) is 237 cm³/mol. The fourth-order valence-corrected chi connectivity index (χ4v) is 7.86. The van der Waals surface area contributed by atoms with Gasteiger partial charge in [0, 0.05) is 88.3 Å². The molecule has 0 aromatic carbocycles. The fourth-order valence-electron chi connectivity index (χ4n) is 7.86. The molecule has 2 saturated heterocycles. The van der Waals surface area contributed by atoms with E-state index in [1.165, 1.54) is 0 Å². The number of anilines is 6. The molecule has 8 aromatic rings. The first-order valence-electron chi connectivity index (χ1n) is 20.3. The number of methoxy groups -OCH3 is 2. The van der Waals surface area contributed by atoms with Crippen LogP contribution >= 0.6 is 0 Å². The minimum absolute atomic E-state index is 0.517. The average molecular weight is 827 g/mol. The van der Waals surface area contributed by atoms with E-state index in [1.54, 1.807) is 76.2 Å². The van der Waals surface area contributed by atoms with Crippen LogP contribution < -0.4 is 39.9 Å². The first-order chi connectivity index (χ1) is 30.7. The van der Waals surface area contributed by atoms with Crippen LogP contribution in [-0.2, 0) is 0 Å². The molecule has 0 amide bonds. The summed E-state index contributed by atoms with van der Waals surface area (Å²) in [5.74, 6) is 4.94. The van der Waals surface area contributed by atoms with Crippen LogP contribution in [0.2, 0.25) is 0 Å². The largest absolute Gasteiger partial charge is 0.494 e. The summed E-state index contributed by atoms with van der Waals surface area (Å²) in [5.41, 5.74) is 4.26. The summed E-state index contributed by atoms with van der Waals surface area (Å²) in [6.45, 7) is 6.48. The second kappa shape index (κ2) is 17.1. The second-order valence-electron chi connectivity index (χ2n) is 14.5. The van der Waals surface area contributed by atoms with Gasteiger partial charge in [0.05, 0.1) is 84.6 Å². The lowest BCUT2D eigenvalue weighted by atomic mass is 10.2. The minimum Gasteiger partial charge on any atom is -0.494 e. The number of fused-ring (bicyclic) bond motifs is 2. The summed E-state index contributed by atoms with van der Waals surface area (Å²) < 4.78 is 11.5. The molecule has 0 atom stereocenters. The molecular formula is C44H42N16O2. The van der Waals surface area contributed by atoms with Crippen molar-refractivity contribution in [2.75, 3.05) is 86.4 Å². The maximum absolute atomic E-state index is 5.77. The molecule has 310 valence electrons. The number of piperazine rings is 2. The highest BCUT2D eigenvalue weighted by Crippen LogP contribution is 2.39. The van der Waals surface area contributed by atoms with Gasteiger partial charge in [-0.1, -0.05) is 0 Å². The summed E-state index contributed by atoms with van der Waals surface area (Å²) in [5, 5.41) is 12.4. The summed E-state index contributed by atoms with van der Waals surface area (Å²) >= 11 is 0. The monoisotopic (exact) mass is 826 g/mol. The molecule has 2 fully saturated rings. The van der Waals surface area contributed by atoms with E-state index in [0.717, 1.165) is 85.9 Å². The van der Waals surface area contributed by atoms with Gasteiger partial charge in [0.15, 0.2) is 23.3 Å². The molecule has 2 N–H and O–H groups in total. The molecule has 18 nitrogen and oxygen atoms in total. The van der Waals surface area contributed by atoms with Crippen molar-refractivity contribution >= 4 is 56.5 Å². The number of nitrogens with zero attached hydrogens (tertiary/aromatic N) is 14. The Morgan fingerprint density at radius 2 is 0.968 bits per heavy atom. The van der Waals surface area contributed by atoms with Crippen LogP contribution in [0.15, 0.2) is 110 Å². The molecule has 0 radical (unpaired) electrons. The lowest BCUT2D eigenvalue weighted by Crippen LogP contribution is -2.44. The molecule has 0 spiro atoms. The number of hydrogen-bond acceptors (Lipinski definition) is 18. The number of hydrogen-bond donors (Lipinski definition) is 2. The fraction of sp³-hybridized carbons (Fsp3) is 0.227. The van der Waals surface area contributed by atoms with E-state index in [0.29, 0.717) is 57.2 Å². The number of aromatic nitrogens is 10. The molecular weight excluding hydrogens is 785 g/mol. The predicted octanol–water partition coefficient (Wildman–Crippen LogP) is 5.00. The highest BCUT2D eigenvalue weighted by atomic mass is 16.5. The Morgan fingerprint density at radius 1 is 0.516 bits per heavy atom. The van der Waals surface area contributed by atoms with Crippen LogP contribution in [0, 0.1) is 0 Å². The maximum atomic E-state index is 5.77. The lowest BCUT2D eigenvalue weighted by molar-refractivity contribution is 0.417. The SMILES string of the molecule is COc1cncc2nc(-c3ccnc(N(c4cccnc4)N(c4cccnc4)c4cc(-c5nc(N6CCNCC6)c6c(OC)cncc6n5)ccn4)c3)nc(N3CCNCC3)c12. The zero-order chi connectivity index (χ0) is 41.8. The third-order valence-corrected chi connectivity index (χ3v) is 10.8. The van der Waals surface area contributed by atoms with Crippen LogP contribution in [0.1, 0.15) is 0 Å². The Hall–Kier alpha value is -7.70. The standard InChI is InChI=1S/C44H42N16O2/c1-61-35-27-49-25-33-39(35)43(57-17-13-45-14-18-57)55-41(53-33)29-7-11-51-37(21-29)59(31-5-3-9-47-23-31)60(32-6-4-10-48-24-32)38-22-30(8-12-52-38)42-54-34-26-50-28-36(62-2)40(34)44(56-42)58-19-15-46-16-20-58/h3-12,21-28,45-46H,13-20H2,1-2H3. The van der Waals surface area contributed by atoms with E-state index in [-0.39, 0.29) is 0 Å². The first-order valence-corrected chi connectivity index (χ1v) is 20.3. The zero-order valence-electron chi connectivity index (χ0n) is 34.1. The quantitative estimate of drug-likeness (QED) is 0.166. The summed E-state index contributed by atoms with van der Waals surface area (Å²) in [6, 6.07) is 15.4. The Bertz CT molecular complexity index is 2650. The molecule has 0 saturated carbocycles. The molecule has 2 aliphatic heterocycles. The van der Waals surface area contributed by atoms with Gasteiger partial charge in [0.2, 0.25) is 0 Å². The van der Waals surface area contributed by atoms with E-state index in [1.807, 2.05) is 58.5 Å². The second-order valence-corrected chi connectivity index (χ2v) is 14.5. The molecule has 0 aliphatic carbocycles. The van der Waals surface area contributed by atoms with E-state index < -0.39 is 0 Å². The topological polar surface area (TPSA) is 184 Å². The van der Waals surface area contributed by atoms with Gasteiger partial charge < -0.3 is 29.9 Å². The molecule has 10 heterocycles. The molecule has 0 unspecified atom stereocenters. The molecule has 2 aliphatic rings. The van der Waals surface area contributed by atoms with E-state index >= 15 is 0 Å². The van der Waals surface area contributed by atoms with Gasteiger partial charge in [0.25, 0.3) is 0 Å². The molecule has 18 heteroatoms. The molecule has 62 heavy (non-hydrogen) atoms. The van der Waals surface area contributed by atoms with Crippen LogP contribution in [0.4, 0.5) is 34.6 Å². The van der Waals surface area contributed by atoms with E-state index in [2.05, 4.69) is 40.4 Å². The van der Waals surface area contributed by atoms with E-state index in [9.17, 15) is 0 Å². The highest BCUT2D eigenvalue weighted by Gasteiger charge is 2.27. The molecule has 10 rings (SSSR count). The van der Waals surface area contributed by atoms with Crippen LogP contribution in [-0.4, -0.2) is 116 Å². The van der Waals surface area contributed by atoms with Crippen molar-refractivity contribution in [2.24, 2.45) is 0 Å². The number of rotatable bonds is 11. The van der Waals surface area contributed by atoms with Crippen molar-refractivity contribution in [1.82, 2.24) is 60.5 Å². The zero-order valence-corrected chi connectivity index (χ0v) is 34.1. The van der Waals surface area contributed by atoms with Crippen molar-refractivity contribution < 1.29 is 9.47 Å². The van der Waals surface area contributed by atoms with Gasteiger partial charge in [0.1, 0.15) is 23.1 Å². The van der Waals surface area contributed by atoms with Gasteiger partial charge in [-0.15, -0.1) is 0 Å². The summed E-state index contributed by atoms with van der Waals surface area (Å²) in [6.07, 6.45) is 17.4. The Kier molecular flexibility index (Phi) is 10.6. The van der Waals surface area contributed by atoms with Gasteiger partial charge in [-0.2, -0.15) is 0 Å². The minimum atomic E-state index is 0.517. The van der Waals surface area contributed by atoms with Gasteiger partial charge in [-0.25, -0.2) is 39.9 Å². The lowest BCUT2D eigenvalue weighted by Gasteiger charge is -2.36. The number of hydrazine groups is 1. The molecule has 8 aromatic heterocycles. The van der Waals surface area contributed by atoms with Crippen molar-refractivity contribution in [2.45, 2.75) is 0 Å². The van der Waals surface area contributed by atoms with Crippen molar-refractivity contribution in [1.29, 1.82) is 0 Å². The third-order valence-electron chi connectivity index (χ3n) is 10.8. The van der Waals surface area contributed by atoms with Crippen molar-refractivity contribution in [3.05, 3.63) is 110 Å². The summed E-state index contributed by atoms with van der Waals surface area (Å²) in [7, 11) is 3.28. The van der Waals surface area contributed by atoms with Gasteiger partial charge in [-0.05, 0) is 48.5 Å². The Balaban J connectivity index is 1.12. The third kappa shape index (κ3) is 7.41. The van der Waals surface area contributed by atoms with Gasteiger partial charge in [-0.3, -0.25) is 19.9 Å². The van der Waals surface area contributed by atoms with Crippen LogP contribution in [0.3, 0.4) is 0 Å². The van der Waals surface area contributed by atoms with Crippen LogP contribution in [0.25, 0.3) is 44.6 Å². The maximum Gasteiger partial charge on any atom is 0.162 e. The summed E-state index contributed by atoms with van der Waals surface area (Å²) in [4.78, 5) is 52.9. The number of nitrogens with one attached hydrogen (secondary N) is 2. The highest BCUT2D eigenvalue weighted by molar-refractivity contribution is 5.97. The van der Waals surface area contributed by atoms with Crippen molar-refractivity contribution in [3.8, 4) is 34.3 Å². The molecule has 0 bridgehead atoms. The average Bonchev–Trinajstić information content (AvgIpc) is 3.35. The first kappa shape index (κ1) is 38.5. The number of ether oxygens (including phenoxy) is 2. The normalized spacial score (nSPS) is 14.2. The number of pyridine rings is 6. The smallest absolute Gasteiger partial charge is 0.162 e. The van der Waals surface area contributed by atoms with Gasteiger partial charge >= 0.3 is 0 Å². The Labute approximate surface area is 356 Å². The van der Waals surface area contributed by atoms with Crippen LogP contribution in [0.5, 0.6) is 11.5 Å². The van der Waals surface area contributed by atoms with E-state index in [4.69, 9.17) is 39.4 Å². The van der Waals surface area contributed by atoms with Crippen molar-refractivity contribution in [3.63, 3.8) is 0 Å².